The van der Waals surface area contributed by atoms with Crippen molar-refractivity contribution >= 4 is 17.4 Å². The van der Waals surface area contributed by atoms with Crippen molar-refractivity contribution < 1.29 is 18.7 Å². The molecule has 5 fully saturated rings. The van der Waals surface area contributed by atoms with Crippen molar-refractivity contribution in [1.29, 1.82) is 0 Å². The molecular formula is C25H26FN5O4. The fraction of sp³-hybridized carbons (Fsp3) is 0.520. The second-order valence-corrected chi connectivity index (χ2v) is 10.7. The predicted octanol–water partition coefficient (Wildman–Crippen LogP) is 3.18. The lowest BCUT2D eigenvalue weighted by molar-refractivity contribution is 0.0154. The summed E-state index contributed by atoms with van der Waals surface area (Å²) in [6.07, 6.45) is 9.13. The number of hydrogen-bond donors (Lipinski definition) is 1. The summed E-state index contributed by atoms with van der Waals surface area (Å²) >= 11 is 0. The normalized spacial score (nSPS) is 31.1. The maximum absolute atomic E-state index is 13.5. The molecule has 10 heteroatoms. The first-order valence-corrected chi connectivity index (χ1v) is 12.2. The fourth-order valence-corrected chi connectivity index (χ4v) is 5.70. The number of amides is 1. The molecule has 3 aromatic heterocycles. The number of carbonyl (C=O) groups is 1. The zero-order valence-corrected chi connectivity index (χ0v) is 19.4. The molecule has 0 aromatic carbocycles. The van der Waals surface area contributed by atoms with Crippen molar-refractivity contribution in [2.75, 3.05) is 11.9 Å². The van der Waals surface area contributed by atoms with Crippen molar-refractivity contribution in [2.24, 2.45) is 0 Å². The summed E-state index contributed by atoms with van der Waals surface area (Å²) < 4.78 is 28.6. The van der Waals surface area contributed by atoms with Gasteiger partial charge < -0.3 is 19.4 Å². The van der Waals surface area contributed by atoms with Crippen LogP contribution in [0.5, 0.6) is 5.88 Å². The average Bonchev–Trinajstić information content (AvgIpc) is 3.10. The molecule has 5 heterocycles. The Hall–Kier alpha value is -3.27. The van der Waals surface area contributed by atoms with Crippen molar-refractivity contribution in [3.8, 4) is 5.88 Å². The van der Waals surface area contributed by atoms with Crippen LogP contribution in [0.25, 0.3) is 5.78 Å². The van der Waals surface area contributed by atoms with E-state index >= 15 is 0 Å². The Labute approximate surface area is 200 Å². The van der Waals surface area contributed by atoms with Crippen LogP contribution < -0.4 is 15.6 Å². The van der Waals surface area contributed by atoms with E-state index in [0.29, 0.717) is 18.8 Å². The highest BCUT2D eigenvalue weighted by atomic mass is 19.1. The maximum atomic E-state index is 13.5. The van der Waals surface area contributed by atoms with E-state index < -0.39 is 23.7 Å². The van der Waals surface area contributed by atoms with E-state index in [1.165, 1.54) is 10.6 Å². The molecule has 0 radical (unpaired) electrons. The van der Waals surface area contributed by atoms with E-state index in [-0.39, 0.29) is 34.3 Å². The number of imidazole rings is 1. The molecule has 1 amide bonds. The Morgan fingerprint density at radius 3 is 2.74 bits per heavy atom. The van der Waals surface area contributed by atoms with Crippen molar-refractivity contribution in [2.45, 2.75) is 74.8 Å². The number of aromatic nitrogens is 4. The Balaban J connectivity index is 1.23. The molecule has 1 N–H and O–H groups in total. The molecule has 8 rings (SSSR count). The van der Waals surface area contributed by atoms with Crippen LogP contribution in [-0.2, 0) is 10.2 Å². The van der Waals surface area contributed by atoms with Gasteiger partial charge in [-0.15, -0.1) is 0 Å². The van der Waals surface area contributed by atoms with Gasteiger partial charge in [-0.3, -0.25) is 14.0 Å². The maximum Gasteiger partial charge on any atom is 0.274 e. The third-order valence-corrected chi connectivity index (χ3v) is 7.91. The SMILES string of the molecule is CC12CC(c3cn4cc(C(=O)Nc5cccn(C6C[C@@H]6F)c5=O)c(OC5CCC5)nc4n3)(CO1)C2. The molecule has 0 spiro atoms. The molecule has 3 aliphatic carbocycles. The molecule has 3 saturated carbocycles. The number of ether oxygens (including phenoxy) is 2. The van der Waals surface area contributed by atoms with Crippen LogP contribution in [0.3, 0.4) is 0 Å². The van der Waals surface area contributed by atoms with Crippen LogP contribution in [0.15, 0.2) is 35.5 Å². The van der Waals surface area contributed by atoms with Gasteiger partial charge in [0, 0.05) is 30.4 Å². The second-order valence-electron chi connectivity index (χ2n) is 10.7. The van der Waals surface area contributed by atoms with Crippen LogP contribution in [0.4, 0.5) is 10.1 Å². The monoisotopic (exact) mass is 479 g/mol. The molecule has 2 saturated heterocycles. The number of halogens is 1. The number of nitrogens with zero attached hydrogens (tertiary/aromatic N) is 4. The van der Waals surface area contributed by atoms with E-state index in [0.717, 1.165) is 37.8 Å². The standard InChI is InChI=1S/C25H26FN5O4/c1-24-11-25(12-24,13-34-24)19-10-30-9-15(21(29-23(30)28-19)35-14-4-2-5-14)20(32)27-17-6-3-7-31(22(17)33)18-8-16(18)26/h3,6-7,9-10,14,16,18H,2,4-5,8,11-13H2,1H3,(H,27,32)/t16-,18?,24?,25?/m0/s1. The van der Waals surface area contributed by atoms with Gasteiger partial charge in [-0.25, -0.2) is 9.37 Å². The van der Waals surface area contributed by atoms with Gasteiger partial charge in [-0.1, -0.05) is 0 Å². The van der Waals surface area contributed by atoms with Gasteiger partial charge in [0.05, 0.1) is 23.9 Å². The molecule has 2 aliphatic heterocycles. The number of fused-ring (bicyclic) bond motifs is 2. The number of hydrogen-bond acceptors (Lipinski definition) is 6. The Morgan fingerprint density at radius 1 is 1.29 bits per heavy atom. The number of anilines is 1. The van der Waals surface area contributed by atoms with E-state index in [4.69, 9.17) is 14.5 Å². The van der Waals surface area contributed by atoms with Gasteiger partial charge in [-0.2, -0.15) is 4.98 Å². The lowest BCUT2D eigenvalue weighted by Crippen LogP contribution is -2.45. The number of alkyl halides is 1. The zero-order valence-electron chi connectivity index (χ0n) is 19.4. The molecule has 5 aliphatic rings. The summed E-state index contributed by atoms with van der Waals surface area (Å²) in [5, 5.41) is 2.69. The number of carbonyl (C=O) groups excluding carboxylic acids is 1. The summed E-state index contributed by atoms with van der Waals surface area (Å²) in [6, 6.07) is 2.69. The first-order valence-electron chi connectivity index (χ1n) is 12.2. The molecule has 1 unspecified atom stereocenters. The fourth-order valence-electron chi connectivity index (χ4n) is 5.70. The van der Waals surface area contributed by atoms with Gasteiger partial charge in [0.2, 0.25) is 11.7 Å². The van der Waals surface area contributed by atoms with Crippen LogP contribution in [0.2, 0.25) is 0 Å². The number of pyridine rings is 1. The first kappa shape index (κ1) is 21.0. The summed E-state index contributed by atoms with van der Waals surface area (Å²) in [5.74, 6) is 0.160. The van der Waals surface area contributed by atoms with E-state index in [9.17, 15) is 14.0 Å². The predicted molar refractivity (Wildman–Crippen MR) is 124 cm³/mol. The molecule has 9 nitrogen and oxygen atoms in total. The summed E-state index contributed by atoms with van der Waals surface area (Å²) in [7, 11) is 0. The van der Waals surface area contributed by atoms with Crippen LogP contribution in [0, 0.1) is 0 Å². The lowest BCUT2D eigenvalue weighted by Gasteiger charge is -2.41. The van der Waals surface area contributed by atoms with Gasteiger partial charge in [0.1, 0.15) is 23.5 Å². The van der Waals surface area contributed by atoms with Crippen molar-refractivity contribution in [1.82, 2.24) is 18.9 Å². The molecular weight excluding hydrogens is 453 g/mol. The van der Waals surface area contributed by atoms with Gasteiger partial charge in [0.15, 0.2) is 0 Å². The topological polar surface area (TPSA) is 99.8 Å². The second kappa shape index (κ2) is 7.13. The van der Waals surface area contributed by atoms with Crippen LogP contribution in [-0.4, -0.2) is 49.3 Å². The Morgan fingerprint density at radius 2 is 2.09 bits per heavy atom. The van der Waals surface area contributed by atoms with E-state index in [2.05, 4.69) is 17.2 Å². The Kier molecular flexibility index (Phi) is 4.29. The van der Waals surface area contributed by atoms with Gasteiger partial charge >= 0.3 is 0 Å². The minimum atomic E-state index is -1.03. The molecule has 3 aromatic rings. The average molecular weight is 480 g/mol. The highest BCUT2D eigenvalue weighted by Crippen LogP contribution is 2.58. The Bertz CT molecular complexity index is 1420. The van der Waals surface area contributed by atoms with Crippen molar-refractivity contribution in [3.05, 3.63) is 52.3 Å². The smallest absolute Gasteiger partial charge is 0.274 e. The number of nitrogens with one attached hydrogen (secondary N) is 1. The van der Waals surface area contributed by atoms with Crippen LogP contribution >= 0.6 is 0 Å². The largest absolute Gasteiger partial charge is 0.474 e. The summed E-state index contributed by atoms with van der Waals surface area (Å²) in [6.45, 7) is 2.75. The molecule has 2 bridgehead atoms. The van der Waals surface area contributed by atoms with Gasteiger partial charge in [0.25, 0.3) is 11.5 Å². The lowest BCUT2D eigenvalue weighted by atomic mass is 9.62. The minimum absolute atomic E-state index is 0.00501. The van der Waals surface area contributed by atoms with E-state index in [1.807, 2.05) is 6.20 Å². The van der Waals surface area contributed by atoms with Crippen LogP contribution in [0.1, 0.15) is 67.5 Å². The molecule has 35 heavy (non-hydrogen) atoms. The summed E-state index contributed by atoms with van der Waals surface area (Å²) in [5.41, 5.74) is 0.609. The highest BCUT2D eigenvalue weighted by molar-refractivity contribution is 6.05. The summed E-state index contributed by atoms with van der Waals surface area (Å²) in [4.78, 5) is 35.5. The molecule has 182 valence electrons. The third kappa shape index (κ3) is 3.30. The quantitative estimate of drug-likeness (QED) is 0.583. The van der Waals surface area contributed by atoms with Crippen molar-refractivity contribution in [3.63, 3.8) is 0 Å². The molecule has 2 atom stereocenters. The minimum Gasteiger partial charge on any atom is -0.474 e. The zero-order chi connectivity index (χ0) is 23.9. The number of rotatable bonds is 6. The van der Waals surface area contributed by atoms with Gasteiger partial charge in [-0.05, 0) is 51.2 Å². The third-order valence-electron chi connectivity index (χ3n) is 7.91. The highest BCUT2D eigenvalue weighted by Gasteiger charge is 2.61. The van der Waals surface area contributed by atoms with E-state index in [1.54, 1.807) is 22.9 Å². The first-order chi connectivity index (χ1) is 16.8.